The molecule has 1 aromatic carbocycles. The maximum absolute atomic E-state index is 5.14. The number of benzene rings is 1. The minimum atomic E-state index is 0. The van der Waals surface area contributed by atoms with Gasteiger partial charge in [-0.15, -0.1) is 34.2 Å². The summed E-state index contributed by atoms with van der Waals surface area (Å²) in [5, 5.41) is 19.6. The van der Waals surface area contributed by atoms with E-state index in [1.54, 1.807) is 7.11 Å². The fraction of sp³-hybridized carbons (Fsp3) is 0.429. The van der Waals surface area contributed by atoms with Crippen molar-refractivity contribution in [3.63, 3.8) is 0 Å². The highest BCUT2D eigenvalue weighted by atomic mass is 127. The van der Waals surface area contributed by atoms with Gasteiger partial charge < -0.3 is 19.9 Å². The zero-order valence-electron chi connectivity index (χ0n) is 18.5. The number of ether oxygens (including phenoxy) is 1. The van der Waals surface area contributed by atoms with Crippen LogP contribution in [0.1, 0.15) is 29.3 Å². The van der Waals surface area contributed by atoms with Crippen LogP contribution in [-0.4, -0.2) is 50.8 Å². The van der Waals surface area contributed by atoms with E-state index >= 15 is 0 Å². The zero-order chi connectivity index (χ0) is 21.3. The van der Waals surface area contributed by atoms with E-state index in [4.69, 9.17) is 9.73 Å². The number of methoxy groups -OCH3 is 1. The molecule has 2 N–H and O–H groups in total. The van der Waals surface area contributed by atoms with Crippen LogP contribution < -0.4 is 10.6 Å². The Balaban J connectivity index is 0.00000341. The summed E-state index contributed by atoms with van der Waals surface area (Å²) in [6, 6.07) is 10.2. The van der Waals surface area contributed by atoms with Crippen LogP contribution >= 0.6 is 24.0 Å². The summed E-state index contributed by atoms with van der Waals surface area (Å²) >= 11 is 0. The van der Waals surface area contributed by atoms with E-state index in [9.17, 15) is 0 Å². The van der Waals surface area contributed by atoms with Crippen molar-refractivity contribution in [2.24, 2.45) is 12.0 Å². The lowest BCUT2D eigenvalue weighted by Gasteiger charge is -2.13. The van der Waals surface area contributed by atoms with Gasteiger partial charge >= 0.3 is 0 Å². The van der Waals surface area contributed by atoms with Gasteiger partial charge in [0.15, 0.2) is 11.8 Å². The van der Waals surface area contributed by atoms with Crippen molar-refractivity contribution in [2.75, 3.05) is 20.3 Å². The molecule has 9 nitrogen and oxygen atoms in total. The van der Waals surface area contributed by atoms with Gasteiger partial charge in [0.1, 0.15) is 5.82 Å². The molecule has 2 aromatic heterocycles. The highest BCUT2D eigenvalue weighted by Gasteiger charge is 2.08. The Labute approximate surface area is 200 Å². The molecule has 0 unspecified atom stereocenters. The van der Waals surface area contributed by atoms with Crippen LogP contribution in [0.5, 0.6) is 0 Å². The zero-order valence-corrected chi connectivity index (χ0v) is 20.8. The molecule has 0 aliphatic carbocycles. The number of aromatic nitrogens is 5. The van der Waals surface area contributed by atoms with E-state index in [-0.39, 0.29) is 24.0 Å². The minimum absolute atomic E-state index is 0. The maximum atomic E-state index is 5.14. The van der Waals surface area contributed by atoms with Gasteiger partial charge in [-0.3, -0.25) is 0 Å². The Hall–Kier alpha value is -2.47. The van der Waals surface area contributed by atoms with Gasteiger partial charge in [0, 0.05) is 33.5 Å². The van der Waals surface area contributed by atoms with Crippen LogP contribution in [0.2, 0.25) is 0 Å². The quantitative estimate of drug-likeness (QED) is 0.188. The number of hydrogen-bond acceptors (Lipinski definition) is 5. The molecular weight excluding hydrogens is 507 g/mol. The molecule has 0 saturated carbocycles. The van der Waals surface area contributed by atoms with E-state index in [0.29, 0.717) is 19.7 Å². The molecular formula is C21H31IN8O. The van der Waals surface area contributed by atoms with Crippen LogP contribution in [-0.2, 0) is 24.9 Å². The summed E-state index contributed by atoms with van der Waals surface area (Å²) in [6.45, 7) is 6.43. The van der Waals surface area contributed by atoms with Crippen LogP contribution in [0.25, 0.3) is 5.69 Å². The summed E-state index contributed by atoms with van der Waals surface area (Å²) in [5.74, 6) is 2.45. The first kappa shape index (κ1) is 24.8. The third-order valence-corrected chi connectivity index (χ3v) is 4.78. The summed E-state index contributed by atoms with van der Waals surface area (Å²) in [4.78, 5) is 4.79. The van der Waals surface area contributed by atoms with Gasteiger partial charge in [-0.05, 0) is 38.0 Å². The van der Waals surface area contributed by atoms with Gasteiger partial charge in [0.05, 0.1) is 24.5 Å². The molecule has 0 fully saturated rings. The summed E-state index contributed by atoms with van der Waals surface area (Å²) in [7, 11) is 3.66. The predicted octanol–water partition coefficient (Wildman–Crippen LogP) is 2.51. The average molecular weight is 538 g/mol. The molecule has 0 spiro atoms. The number of hydrogen-bond donors (Lipinski definition) is 2. The molecule has 0 saturated heterocycles. The summed E-state index contributed by atoms with van der Waals surface area (Å²) < 4.78 is 8.99. The van der Waals surface area contributed by atoms with E-state index in [0.717, 1.165) is 47.5 Å². The van der Waals surface area contributed by atoms with Gasteiger partial charge in [-0.1, -0.05) is 18.2 Å². The fourth-order valence-corrected chi connectivity index (χ4v) is 2.95. The van der Waals surface area contributed by atoms with Crippen molar-refractivity contribution in [3.05, 3.63) is 59.4 Å². The number of rotatable bonds is 9. The summed E-state index contributed by atoms with van der Waals surface area (Å²) in [5.41, 5.74) is 3.10. The van der Waals surface area contributed by atoms with Crippen molar-refractivity contribution < 1.29 is 4.74 Å². The summed E-state index contributed by atoms with van der Waals surface area (Å²) in [6.07, 6.45) is 2.86. The molecule has 0 aliphatic heterocycles. The Kier molecular flexibility index (Phi) is 9.92. The highest BCUT2D eigenvalue weighted by Crippen LogP contribution is 2.15. The SMILES string of the molecule is COCCCNC(=NCc1ccccc1-n1ccc(C)n1)NCc1nnc(C)n1C.I. The molecule has 0 aliphatic rings. The second-order valence-electron chi connectivity index (χ2n) is 7.04. The van der Waals surface area contributed by atoms with E-state index in [2.05, 4.69) is 38.1 Å². The monoisotopic (exact) mass is 538 g/mol. The highest BCUT2D eigenvalue weighted by molar-refractivity contribution is 14.0. The topological polar surface area (TPSA) is 94.2 Å². The Bertz CT molecular complexity index is 981. The third kappa shape index (κ3) is 7.03. The number of aryl methyl sites for hydroxylation is 2. The average Bonchev–Trinajstić information content (AvgIpc) is 3.32. The lowest BCUT2D eigenvalue weighted by Crippen LogP contribution is -2.38. The minimum Gasteiger partial charge on any atom is -0.385 e. The smallest absolute Gasteiger partial charge is 0.191 e. The lowest BCUT2D eigenvalue weighted by atomic mass is 10.2. The molecule has 0 amide bonds. The predicted molar refractivity (Wildman–Crippen MR) is 132 cm³/mol. The van der Waals surface area contributed by atoms with Crippen LogP contribution in [0.4, 0.5) is 0 Å². The van der Waals surface area contributed by atoms with Crippen LogP contribution in [0, 0.1) is 13.8 Å². The van der Waals surface area contributed by atoms with Gasteiger partial charge in [-0.2, -0.15) is 5.10 Å². The van der Waals surface area contributed by atoms with Crippen LogP contribution in [0.15, 0.2) is 41.5 Å². The first-order chi connectivity index (χ1) is 14.6. The van der Waals surface area contributed by atoms with Gasteiger partial charge in [0.25, 0.3) is 0 Å². The largest absolute Gasteiger partial charge is 0.385 e. The number of guanidine groups is 1. The number of nitrogens with zero attached hydrogens (tertiary/aromatic N) is 6. The molecule has 31 heavy (non-hydrogen) atoms. The molecule has 10 heteroatoms. The van der Waals surface area contributed by atoms with Crippen LogP contribution in [0.3, 0.4) is 0 Å². The van der Waals surface area contributed by atoms with Crippen molar-refractivity contribution in [3.8, 4) is 5.69 Å². The second-order valence-corrected chi connectivity index (χ2v) is 7.04. The molecule has 2 heterocycles. The molecule has 168 valence electrons. The van der Waals surface area contributed by atoms with E-state index in [1.165, 1.54) is 0 Å². The Morgan fingerprint density at radius 3 is 2.61 bits per heavy atom. The van der Waals surface area contributed by atoms with Gasteiger partial charge in [0.2, 0.25) is 0 Å². The van der Waals surface area contributed by atoms with E-state index < -0.39 is 0 Å². The number of aliphatic imine (C=N–C) groups is 1. The molecule has 3 rings (SSSR count). The number of para-hydroxylation sites is 1. The molecule has 3 aromatic rings. The second kappa shape index (κ2) is 12.4. The van der Waals surface area contributed by atoms with Crippen molar-refractivity contribution in [1.82, 2.24) is 35.2 Å². The van der Waals surface area contributed by atoms with Crippen molar-refractivity contribution in [1.29, 1.82) is 0 Å². The third-order valence-electron chi connectivity index (χ3n) is 4.78. The standard InChI is InChI=1S/C21H30N8O.HI/c1-16-10-12-29(27-16)19-9-6-5-8-18(19)14-23-21(22-11-7-13-30-4)24-15-20-26-25-17(2)28(20)3;/h5-6,8-10,12H,7,11,13-15H2,1-4H3,(H2,22,23,24);1H. The van der Waals surface area contributed by atoms with Gasteiger partial charge in [-0.25, -0.2) is 9.67 Å². The normalized spacial score (nSPS) is 11.3. The molecule has 0 bridgehead atoms. The fourth-order valence-electron chi connectivity index (χ4n) is 2.95. The number of halogens is 1. The Morgan fingerprint density at radius 2 is 1.94 bits per heavy atom. The molecule has 0 radical (unpaired) electrons. The molecule has 0 atom stereocenters. The maximum Gasteiger partial charge on any atom is 0.191 e. The van der Waals surface area contributed by atoms with Crippen molar-refractivity contribution in [2.45, 2.75) is 33.4 Å². The van der Waals surface area contributed by atoms with E-state index in [1.807, 2.05) is 54.5 Å². The number of nitrogens with one attached hydrogen (secondary N) is 2. The Morgan fingerprint density at radius 1 is 1.13 bits per heavy atom. The lowest BCUT2D eigenvalue weighted by molar-refractivity contribution is 0.195. The first-order valence-electron chi connectivity index (χ1n) is 10.0. The first-order valence-corrected chi connectivity index (χ1v) is 10.0. The van der Waals surface area contributed by atoms with Crippen molar-refractivity contribution >= 4 is 29.9 Å².